The van der Waals surface area contributed by atoms with Crippen LogP contribution in [0.4, 0.5) is 0 Å². The fraction of sp³-hybridized carbons (Fsp3) is 0.143. The number of hydrogen-bond donors (Lipinski definition) is 0. The maximum atomic E-state index is 5.41. The van der Waals surface area contributed by atoms with Crippen LogP contribution in [0.1, 0.15) is 0 Å². The molecule has 0 fully saturated rings. The zero-order valence-corrected chi connectivity index (χ0v) is 9.58. The Morgan fingerprint density at radius 3 is 2.42 bits per heavy atom. The summed E-state index contributed by atoms with van der Waals surface area (Å²) in [6.45, 7) is 0. The molecule has 1 nitrogen and oxygen atoms in total. The first-order chi connectivity index (χ1) is 5.47. The van der Waals surface area contributed by atoms with E-state index in [1.165, 1.54) is 0 Å². The smallest absolute Gasteiger partial charge is 0.338 e. The molecule has 1 aromatic carbocycles. The van der Waals surface area contributed by atoms with E-state index < -0.39 is 3.98 Å². The van der Waals surface area contributed by atoms with Crippen LogP contribution in [0.15, 0.2) is 28.7 Å². The lowest BCUT2D eigenvalue weighted by molar-refractivity contribution is 0.320. The van der Waals surface area contributed by atoms with E-state index in [-0.39, 0.29) is 0 Å². The molecule has 1 rings (SSSR count). The van der Waals surface area contributed by atoms with Crippen molar-refractivity contribution < 1.29 is 4.74 Å². The molecule has 0 bridgehead atoms. The molecular weight excluding hydrogens is 286 g/mol. The van der Waals surface area contributed by atoms with Gasteiger partial charge in [0.1, 0.15) is 5.75 Å². The number of halogens is 4. The highest BCUT2D eigenvalue weighted by atomic mass is 79.9. The molecule has 1 aromatic rings. The minimum Gasteiger partial charge on any atom is -0.446 e. The molecule has 0 saturated heterocycles. The largest absolute Gasteiger partial charge is 0.446 e. The van der Waals surface area contributed by atoms with Crippen molar-refractivity contribution in [2.45, 2.75) is 3.98 Å². The van der Waals surface area contributed by atoms with Gasteiger partial charge in [0.2, 0.25) is 0 Å². The summed E-state index contributed by atoms with van der Waals surface area (Å²) < 4.78 is 4.11. The highest BCUT2D eigenvalue weighted by Crippen LogP contribution is 2.30. The molecule has 0 radical (unpaired) electrons. The quantitative estimate of drug-likeness (QED) is 0.706. The average Bonchev–Trinajstić information content (AvgIpc) is 1.82. The van der Waals surface area contributed by atoms with Crippen LogP contribution in [0.2, 0.25) is 0 Å². The minimum atomic E-state index is -1.71. The van der Waals surface area contributed by atoms with Crippen molar-refractivity contribution in [2.24, 2.45) is 0 Å². The molecular formula is C7H4BrCl3O. The van der Waals surface area contributed by atoms with Gasteiger partial charge in [0, 0.05) is 4.47 Å². The third-order valence-electron chi connectivity index (χ3n) is 1.03. The van der Waals surface area contributed by atoms with Crippen molar-refractivity contribution in [3.05, 3.63) is 28.7 Å². The Morgan fingerprint density at radius 1 is 1.25 bits per heavy atom. The van der Waals surface area contributed by atoms with Gasteiger partial charge < -0.3 is 4.74 Å². The minimum absolute atomic E-state index is 0.504. The van der Waals surface area contributed by atoms with Gasteiger partial charge in [-0.1, -0.05) is 22.0 Å². The lowest BCUT2D eigenvalue weighted by Crippen LogP contribution is -2.12. The first-order valence-electron chi connectivity index (χ1n) is 2.99. The van der Waals surface area contributed by atoms with E-state index in [4.69, 9.17) is 39.5 Å². The third kappa shape index (κ3) is 3.85. The van der Waals surface area contributed by atoms with Crippen LogP contribution in [0.5, 0.6) is 5.75 Å². The molecule has 0 aliphatic heterocycles. The normalized spacial score (nSPS) is 11.3. The molecule has 66 valence electrons. The van der Waals surface area contributed by atoms with Gasteiger partial charge >= 0.3 is 3.98 Å². The Balaban J connectivity index is 2.77. The van der Waals surface area contributed by atoms with E-state index in [0.29, 0.717) is 5.75 Å². The van der Waals surface area contributed by atoms with Crippen molar-refractivity contribution in [3.63, 3.8) is 0 Å². The van der Waals surface area contributed by atoms with Crippen molar-refractivity contribution in [3.8, 4) is 5.75 Å². The zero-order valence-electron chi connectivity index (χ0n) is 5.73. The molecule has 0 atom stereocenters. The number of rotatable bonds is 1. The monoisotopic (exact) mass is 288 g/mol. The molecule has 0 aromatic heterocycles. The summed E-state index contributed by atoms with van der Waals surface area (Å²) in [7, 11) is 0. The second-order valence-corrected chi connectivity index (χ2v) is 5.10. The topological polar surface area (TPSA) is 9.23 Å². The summed E-state index contributed by atoms with van der Waals surface area (Å²) in [6.07, 6.45) is 0. The van der Waals surface area contributed by atoms with Crippen LogP contribution >= 0.6 is 50.7 Å². The average molecular weight is 290 g/mol. The predicted molar refractivity (Wildman–Crippen MR) is 55.1 cm³/mol. The lowest BCUT2D eigenvalue weighted by atomic mass is 10.3. The van der Waals surface area contributed by atoms with E-state index in [0.717, 1.165) is 4.47 Å². The van der Waals surface area contributed by atoms with Gasteiger partial charge in [-0.15, -0.1) is 0 Å². The molecule has 0 saturated carbocycles. The first kappa shape index (κ1) is 10.5. The van der Waals surface area contributed by atoms with Crippen molar-refractivity contribution >= 4 is 50.7 Å². The Kier molecular flexibility index (Phi) is 3.53. The lowest BCUT2D eigenvalue weighted by Gasteiger charge is -2.13. The Bertz CT molecular complexity index is 272. The third-order valence-corrected chi connectivity index (χ3v) is 1.75. The number of ether oxygens (including phenoxy) is 1. The van der Waals surface area contributed by atoms with Gasteiger partial charge in [-0.2, -0.15) is 0 Å². The van der Waals surface area contributed by atoms with Gasteiger partial charge in [-0.3, -0.25) is 0 Å². The molecule has 0 N–H and O–H groups in total. The SMILES string of the molecule is ClC(Cl)(Cl)Oc1cccc(Br)c1. The Labute approximate surface area is 93.7 Å². The summed E-state index contributed by atoms with van der Waals surface area (Å²) >= 11 is 19.5. The van der Waals surface area contributed by atoms with Gasteiger partial charge in [-0.05, 0) is 53.0 Å². The maximum Gasteiger partial charge on any atom is 0.338 e. The van der Waals surface area contributed by atoms with Gasteiger partial charge in [0.15, 0.2) is 0 Å². The molecule has 0 aliphatic carbocycles. The van der Waals surface area contributed by atoms with Crippen molar-refractivity contribution in [1.29, 1.82) is 0 Å². The van der Waals surface area contributed by atoms with Crippen LogP contribution < -0.4 is 4.74 Å². The zero-order chi connectivity index (χ0) is 9.19. The standard InChI is InChI=1S/C7H4BrCl3O/c8-5-2-1-3-6(4-5)12-7(9,10)11/h1-4H. The highest BCUT2D eigenvalue weighted by molar-refractivity contribution is 9.10. The van der Waals surface area contributed by atoms with E-state index >= 15 is 0 Å². The Hall–Kier alpha value is 0.370. The van der Waals surface area contributed by atoms with E-state index in [9.17, 15) is 0 Å². The van der Waals surface area contributed by atoms with Crippen LogP contribution in [0, 0.1) is 0 Å². The van der Waals surface area contributed by atoms with Gasteiger partial charge in [0.25, 0.3) is 0 Å². The predicted octanol–water partition coefficient (Wildman–Crippen LogP) is 4.16. The summed E-state index contributed by atoms with van der Waals surface area (Å²) in [5, 5.41) is 0. The summed E-state index contributed by atoms with van der Waals surface area (Å²) in [5.41, 5.74) is 0. The van der Waals surface area contributed by atoms with E-state index in [1.807, 2.05) is 6.07 Å². The van der Waals surface area contributed by atoms with Crippen LogP contribution in [0.3, 0.4) is 0 Å². The highest BCUT2D eigenvalue weighted by Gasteiger charge is 2.21. The van der Waals surface area contributed by atoms with Crippen molar-refractivity contribution in [2.75, 3.05) is 0 Å². The number of hydrogen-bond acceptors (Lipinski definition) is 1. The van der Waals surface area contributed by atoms with Crippen molar-refractivity contribution in [1.82, 2.24) is 0 Å². The van der Waals surface area contributed by atoms with Crippen LogP contribution in [0.25, 0.3) is 0 Å². The van der Waals surface area contributed by atoms with Crippen LogP contribution in [-0.2, 0) is 0 Å². The van der Waals surface area contributed by atoms with E-state index in [1.54, 1.807) is 18.2 Å². The van der Waals surface area contributed by atoms with E-state index in [2.05, 4.69) is 15.9 Å². The molecule has 0 spiro atoms. The molecule has 0 heterocycles. The first-order valence-corrected chi connectivity index (χ1v) is 4.91. The fourth-order valence-electron chi connectivity index (χ4n) is 0.664. The maximum absolute atomic E-state index is 5.41. The van der Waals surface area contributed by atoms with Gasteiger partial charge in [0.05, 0.1) is 0 Å². The molecule has 0 amide bonds. The summed E-state index contributed by atoms with van der Waals surface area (Å²) in [6, 6.07) is 7.05. The van der Waals surface area contributed by atoms with Gasteiger partial charge in [-0.25, -0.2) is 0 Å². The molecule has 5 heteroatoms. The molecule has 12 heavy (non-hydrogen) atoms. The number of alkyl halides is 3. The summed E-state index contributed by atoms with van der Waals surface area (Å²) in [4.78, 5) is 0. The second-order valence-electron chi connectivity index (χ2n) is 2.01. The summed E-state index contributed by atoms with van der Waals surface area (Å²) in [5.74, 6) is 0.504. The molecule has 0 aliphatic rings. The number of benzene rings is 1. The van der Waals surface area contributed by atoms with Crippen LogP contribution in [-0.4, -0.2) is 3.98 Å². The molecule has 0 unspecified atom stereocenters. The second kappa shape index (κ2) is 4.05. The fourth-order valence-corrected chi connectivity index (χ4v) is 1.31. The Morgan fingerprint density at radius 2 is 1.92 bits per heavy atom.